The van der Waals surface area contributed by atoms with Crippen LogP contribution in [0.2, 0.25) is 0 Å². The molecule has 0 nitrogen and oxygen atoms in total. The van der Waals surface area contributed by atoms with Gasteiger partial charge in [0.25, 0.3) is 0 Å². The predicted molar refractivity (Wildman–Crippen MR) is 155 cm³/mol. The quantitative estimate of drug-likeness (QED) is 0.268. The smallest absolute Gasteiger partial charge is 0.167 e. The first kappa shape index (κ1) is 27.4. The molecule has 0 heterocycles. The average molecular weight is 537 g/mol. The summed E-state index contributed by atoms with van der Waals surface area (Å²) in [5.74, 6) is 1.49. The monoisotopic (exact) mass is 536 g/mol. The van der Waals surface area contributed by atoms with E-state index in [1.54, 1.807) is 0 Å². The normalized spacial score (nSPS) is 27.1. The molecular weight excluding hydrogens is 489 g/mol. The third kappa shape index (κ3) is 5.45. The topological polar surface area (TPSA) is 0 Å². The van der Waals surface area contributed by atoms with Gasteiger partial charge in [-0.2, -0.15) is 0 Å². The third-order valence-corrected chi connectivity index (χ3v) is 11.3. The molecule has 6 rings (SSSR count). The van der Waals surface area contributed by atoms with Gasteiger partial charge in [0.2, 0.25) is 0 Å². The van der Waals surface area contributed by atoms with Crippen molar-refractivity contribution >= 4 is 0 Å². The number of fused-ring (bicyclic) bond motifs is 4. The van der Waals surface area contributed by atoms with Crippen LogP contribution in [0, 0.1) is 41.1 Å². The van der Waals surface area contributed by atoms with E-state index in [1.807, 2.05) is 18.2 Å². The summed E-state index contributed by atoms with van der Waals surface area (Å²) in [6, 6.07) is 5.72. The Morgan fingerprint density at radius 2 is 1.28 bits per heavy atom. The molecule has 0 amide bonds. The third-order valence-electron chi connectivity index (χ3n) is 11.3. The molecule has 0 N–H and O–H groups in total. The van der Waals surface area contributed by atoms with E-state index in [4.69, 9.17) is 0 Å². The van der Waals surface area contributed by atoms with Crippen LogP contribution in [0.1, 0.15) is 133 Å². The molecular formula is C36H47F3. The molecule has 3 fully saturated rings. The van der Waals surface area contributed by atoms with Gasteiger partial charge >= 0.3 is 0 Å². The summed E-state index contributed by atoms with van der Waals surface area (Å²) >= 11 is 0. The van der Waals surface area contributed by atoms with Gasteiger partial charge in [-0.1, -0.05) is 83.3 Å². The molecule has 3 heteroatoms. The van der Waals surface area contributed by atoms with Gasteiger partial charge in [-0.15, -0.1) is 0 Å². The van der Waals surface area contributed by atoms with Gasteiger partial charge < -0.3 is 0 Å². The van der Waals surface area contributed by atoms with Crippen molar-refractivity contribution in [2.45, 2.75) is 128 Å². The Kier molecular flexibility index (Phi) is 8.43. The molecule has 212 valence electrons. The molecule has 0 bridgehead atoms. The standard InChI is InChI=1S/C36H47F3/c1-2-3-7-23-12-17-27(18-13-23)29-20-21-30-31-22-28(34(37)36(39)33(31)32(30)35(29)38)19-14-24-10-15-26(16-11-24)25-8-5-4-6-9-25/h20-27H,2-19H2,1H3. The molecule has 0 unspecified atom stereocenters. The van der Waals surface area contributed by atoms with Crippen molar-refractivity contribution in [1.29, 1.82) is 0 Å². The number of hydrogen-bond donors (Lipinski definition) is 0. The summed E-state index contributed by atoms with van der Waals surface area (Å²) in [5.41, 5.74) is 3.14. The van der Waals surface area contributed by atoms with Crippen LogP contribution in [0.4, 0.5) is 13.2 Å². The van der Waals surface area contributed by atoms with Crippen LogP contribution >= 0.6 is 0 Å². The maximum Gasteiger partial charge on any atom is 0.167 e. The first-order valence-electron chi connectivity index (χ1n) is 16.4. The number of aryl methyl sites for hydroxylation is 1. The summed E-state index contributed by atoms with van der Waals surface area (Å²) in [6.45, 7) is 2.23. The zero-order valence-corrected chi connectivity index (χ0v) is 24.0. The largest absolute Gasteiger partial charge is 0.206 e. The van der Waals surface area contributed by atoms with E-state index in [0.717, 1.165) is 55.4 Å². The number of benzene rings is 2. The van der Waals surface area contributed by atoms with Crippen molar-refractivity contribution < 1.29 is 13.2 Å². The highest BCUT2D eigenvalue weighted by atomic mass is 19.2. The Bertz CT molecular complexity index is 1140. The lowest BCUT2D eigenvalue weighted by molar-refractivity contribution is 0.163. The van der Waals surface area contributed by atoms with Crippen LogP contribution in [0.3, 0.4) is 0 Å². The van der Waals surface area contributed by atoms with Crippen LogP contribution in [0.15, 0.2) is 18.2 Å². The maximum absolute atomic E-state index is 15.8. The minimum absolute atomic E-state index is 0.176. The minimum atomic E-state index is -0.838. The zero-order chi connectivity index (χ0) is 26.9. The van der Waals surface area contributed by atoms with E-state index < -0.39 is 11.6 Å². The Morgan fingerprint density at radius 1 is 0.641 bits per heavy atom. The number of unbranched alkanes of at least 4 members (excludes halogenated alkanes) is 1. The first-order valence-corrected chi connectivity index (χ1v) is 16.4. The molecule has 2 aromatic rings. The van der Waals surface area contributed by atoms with Crippen molar-refractivity contribution in [2.75, 3.05) is 0 Å². The molecule has 3 saturated carbocycles. The van der Waals surface area contributed by atoms with Gasteiger partial charge in [-0.25, -0.2) is 13.2 Å². The second-order valence-electron chi connectivity index (χ2n) is 13.6. The second-order valence-corrected chi connectivity index (χ2v) is 13.6. The lowest BCUT2D eigenvalue weighted by Crippen LogP contribution is -2.24. The number of rotatable bonds is 8. The van der Waals surface area contributed by atoms with Crippen LogP contribution < -0.4 is 0 Å². The maximum atomic E-state index is 15.8. The second kappa shape index (κ2) is 12.0. The van der Waals surface area contributed by atoms with Gasteiger partial charge in [0, 0.05) is 11.1 Å². The van der Waals surface area contributed by atoms with Gasteiger partial charge in [0.1, 0.15) is 5.82 Å². The highest BCUT2D eigenvalue weighted by Crippen LogP contribution is 2.53. The first-order chi connectivity index (χ1) is 19.0. The highest BCUT2D eigenvalue weighted by Gasteiger charge is 2.36. The lowest BCUT2D eigenvalue weighted by atomic mass is 9.70. The Hall–Kier alpha value is -1.77. The van der Waals surface area contributed by atoms with Crippen LogP contribution in [-0.2, 0) is 6.42 Å². The van der Waals surface area contributed by atoms with Crippen LogP contribution in [0.5, 0.6) is 0 Å². The molecule has 4 aliphatic carbocycles. The minimum Gasteiger partial charge on any atom is -0.206 e. The van der Waals surface area contributed by atoms with E-state index in [2.05, 4.69) is 6.92 Å². The van der Waals surface area contributed by atoms with Crippen LogP contribution in [-0.4, -0.2) is 0 Å². The summed E-state index contributed by atoms with van der Waals surface area (Å²) in [7, 11) is 0. The van der Waals surface area contributed by atoms with Crippen molar-refractivity contribution in [3.63, 3.8) is 0 Å². The number of hydrogen-bond acceptors (Lipinski definition) is 0. The zero-order valence-electron chi connectivity index (χ0n) is 24.0. The van der Waals surface area contributed by atoms with Gasteiger partial charge in [0.05, 0.1) is 0 Å². The molecule has 0 saturated heterocycles. The molecule has 39 heavy (non-hydrogen) atoms. The Balaban J connectivity index is 1.10. The van der Waals surface area contributed by atoms with Crippen molar-refractivity contribution in [3.05, 3.63) is 46.8 Å². The molecule has 0 spiro atoms. The lowest BCUT2D eigenvalue weighted by Gasteiger charge is -2.36. The fraction of sp³-hybridized carbons (Fsp3) is 0.667. The highest BCUT2D eigenvalue weighted by molar-refractivity contribution is 6.03. The Labute approximate surface area is 234 Å². The van der Waals surface area contributed by atoms with Gasteiger partial charge in [0.15, 0.2) is 11.6 Å². The van der Waals surface area contributed by atoms with E-state index in [1.165, 1.54) is 77.0 Å². The number of halogens is 3. The SMILES string of the molecule is CCCCC1CCC(c2ccc3c(c2F)-c2c-3cc(CCC3CCC(C4CCCCC4)CC3)c(F)c2F)CC1. The van der Waals surface area contributed by atoms with E-state index in [9.17, 15) is 0 Å². The van der Waals surface area contributed by atoms with Crippen molar-refractivity contribution in [3.8, 4) is 22.3 Å². The predicted octanol–water partition coefficient (Wildman–Crippen LogP) is 11.5. The summed E-state index contributed by atoms with van der Waals surface area (Å²) < 4.78 is 46.4. The molecule has 2 aromatic carbocycles. The summed E-state index contributed by atoms with van der Waals surface area (Å²) in [5, 5.41) is 0. The summed E-state index contributed by atoms with van der Waals surface area (Å²) in [4.78, 5) is 0. The molecule has 4 aliphatic rings. The molecule has 0 radical (unpaired) electrons. The van der Waals surface area contributed by atoms with E-state index in [0.29, 0.717) is 34.6 Å². The van der Waals surface area contributed by atoms with E-state index >= 15 is 13.2 Å². The molecule has 0 aromatic heterocycles. The average Bonchev–Trinajstić information content (AvgIpc) is 2.97. The Morgan fingerprint density at radius 3 is 2.00 bits per heavy atom. The molecule has 0 aliphatic heterocycles. The fourth-order valence-electron chi connectivity index (χ4n) is 8.80. The fourth-order valence-corrected chi connectivity index (χ4v) is 8.80. The van der Waals surface area contributed by atoms with Crippen molar-refractivity contribution in [2.24, 2.45) is 23.7 Å². The van der Waals surface area contributed by atoms with Gasteiger partial charge in [-0.05, 0) is 109 Å². The van der Waals surface area contributed by atoms with Crippen molar-refractivity contribution in [1.82, 2.24) is 0 Å². The molecule has 0 atom stereocenters. The van der Waals surface area contributed by atoms with Crippen LogP contribution in [0.25, 0.3) is 22.3 Å². The van der Waals surface area contributed by atoms with Gasteiger partial charge in [-0.3, -0.25) is 0 Å². The summed E-state index contributed by atoms with van der Waals surface area (Å²) in [6.07, 6.45) is 21.7. The van der Waals surface area contributed by atoms with E-state index in [-0.39, 0.29) is 17.3 Å².